The summed E-state index contributed by atoms with van der Waals surface area (Å²) in [4.78, 5) is 24.5. The largest absolute Gasteiger partial charge is 0.465 e. The summed E-state index contributed by atoms with van der Waals surface area (Å²) in [5, 5.41) is 20.5. The number of nitro groups is 1. The van der Waals surface area contributed by atoms with E-state index in [1.807, 2.05) is 0 Å². The lowest BCUT2D eigenvalue weighted by atomic mass is 10.2. The van der Waals surface area contributed by atoms with E-state index in [0.29, 0.717) is 18.8 Å². The van der Waals surface area contributed by atoms with Gasteiger partial charge in [0.15, 0.2) is 0 Å². The second-order valence-corrected chi connectivity index (χ2v) is 7.90. The van der Waals surface area contributed by atoms with E-state index in [1.54, 1.807) is 23.1 Å². The van der Waals surface area contributed by atoms with Crippen LogP contribution < -0.4 is 4.90 Å². The first-order valence-electron chi connectivity index (χ1n) is 8.12. The molecular formula is C17H17N3O6S. The zero-order valence-corrected chi connectivity index (χ0v) is 15.0. The van der Waals surface area contributed by atoms with E-state index < -0.39 is 26.5 Å². The van der Waals surface area contributed by atoms with E-state index in [0.717, 1.165) is 0 Å². The molecule has 1 aliphatic rings. The van der Waals surface area contributed by atoms with Gasteiger partial charge in [-0.2, -0.15) is 0 Å². The summed E-state index contributed by atoms with van der Waals surface area (Å²) in [6, 6.07) is 11.5. The molecule has 0 radical (unpaired) electrons. The van der Waals surface area contributed by atoms with Crippen LogP contribution in [0.2, 0.25) is 0 Å². The number of hydrogen-bond acceptors (Lipinski definition) is 6. The lowest BCUT2D eigenvalue weighted by Crippen LogP contribution is -2.48. The molecule has 0 saturated carbocycles. The molecule has 1 N–H and O–H groups in total. The molecule has 3 rings (SSSR count). The number of anilines is 1. The van der Waals surface area contributed by atoms with Gasteiger partial charge in [0, 0.05) is 37.9 Å². The minimum absolute atomic E-state index is 0.0177. The van der Waals surface area contributed by atoms with E-state index in [4.69, 9.17) is 5.11 Å². The van der Waals surface area contributed by atoms with Crippen LogP contribution in [-0.2, 0) is 9.84 Å². The van der Waals surface area contributed by atoms with Gasteiger partial charge in [-0.05, 0) is 24.3 Å². The van der Waals surface area contributed by atoms with Crippen LogP contribution in [0.4, 0.5) is 16.2 Å². The molecule has 0 bridgehead atoms. The third-order valence-corrected chi connectivity index (χ3v) is 6.21. The molecule has 1 amide bonds. The molecule has 0 aliphatic carbocycles. The standard InChI is InChI=1S/C17H17N3O6S/c21-17(22)19-10-8-18(9-11-19)13-6-7-16(15(12-13)20(23)24)27(25,26)14-4-2-1-3-5-14/h1-7,12H,8-11H2,(H,21,22). The predicted molar refractivity (Wildman–Crippen MR) is 96.8 cm³/mol. The Labute approximate surface area is 155 Å². The molecule has 1 saturated heterocycles. The highest BCUT2D eigenvalue weighted by Crippen LogP contribution is 2.33. The molecule has 1 aliphatic heterocycles. The second kappa shape index (κ2) is 7.23. The van der Waals surface area contributed by atoms with Crippen molar-refractivity contribution in [2.45, 2.75) is 9.79 Å². The average molecular weight is 391 g/mol. The molecule has 1 fully saturated rings. The maximum Gasteiger partial charge on any atom is 0.407 e. The van der Waals surface area contributed by atoms with E-state index in [9.17, 15) is 23.3 Å². The Bertz CT molecular complexity index is 969. The molecule has 10 heteroatoms. The van der Waals surface area contributed by atoms with Gasteiger partial charge in [-0.15, -0.1) is 0 Å². The fraction of sp³-hybridized carbons (Fsp3) is 0.235. The van der Waals surface area contributed by atoms with Crippen LogP contribution in [0.15, 0.2) is 58.3 Å². The Morgan fingerprint density at radius 3 is 2.22 bits per heavy atom. The maximum absolute atomic E-state index is 12.8. The van der Waals surface area contributed by atoms with Crippen LogP contribution in [0, 0.1) is 10.1 Å². The van der Waals surface area contributed by atoms with Crippen molar-refractivity contribution in [2.24, 2.45) is 0 Å². The molecule has 0 unspecified atom stereocenters. The van der Waals surface area contributed by atoms with Crippen molar-refractivity contribution < 1.29 is 23.2 Å². The van der Waals surface area contributed by atoms with Gasteiger partial charge in [0.05, 0.1) is 9.82 Å². The lowest BCUT2D eigenvalue weighted by Gasteiger charge is -2.34. The number of amides is 1. The quantitative estimate of drug-likeness (QED) is 0.626. The number of sulfone groups is 1. The van der Waals surface area contributed by atoms with Crippen molar-refractivity contribution in [3.8, 4) is 0 Å². The van der Waals surface area contributed by atoms with E-state index >= 15 is 0 Å². The summed E-state index contributed by atoms with van der Waals surface area (Å²) in [6.07, 6.45) is -1.01. The Kier molecular flexibility index (Phi) is 5.00. The fourth-order valence-electron chi connectivity index (χ4n) is 2.95. The average Bonchev–Trinajstić information content (AvgIpc) is 2.68. The van der Waals surface area contributed by atoms with Crippen LogP contribution in [-0.4, -0.2) is 55.6 Å². The van der Waals surface area contributed by atoms with Crippen molar-refractivity contribution >= 4 is 27.3 Å². The molecule has 27 heavy (non-hydrogen) atoms. The first-order chi connectivity index (χ1) is 12.8. The predicted octanol–water partition coefficient (Wildman–Crippen LogP) is 2.23. The van der Waals surface area contributed by atoms with Gasteiger partial charge >= 0.3 is 6.09 Å². The van der Waals surface area contributed by atoms with Gasteiger partial charge in [0.1, 0.15) is 4.90 Å². The SMILES string of the molecule is O=C(O)N1CCN(c2ccc(S(=O)(=O)c3ccccc3)c([N+](=O)[O-])c2)CC1. The fourth-order valence-corrected chi connectivity index (χ4v) is 4.38. The molecule has 0 atom stereocenters. The van der Waals surface area contributed by atoms with Gasteiger partial charge in [-0.25, -0.2) is 13.2 Å². The summed E-state index contributed by atoms with van der Waals surface area (Å²) < 4.78 is 25.5. The first-order valence-corrected chi connectivity index (χ1v) is 9.60. The van der Waals surface area contributed by atoms with E-state index in [2.05, 4.69) is 0 Å². The number of carbonyl (C=O) groups is 1. The number of nitrogens with zero attached hydrogens (tertiary/aromatic N) is 3. The molecular weight excluding hydrogens is 374 g/mol. The summed E-state index contributed by atoms with van der Waals surface area (Å²) in [5.41, 5.74) is -0.0178. The van der Waals surface area contributed by atoms with Gasteiger partial charge < -0.3 is 14.9 Å². The highest BCUT2D eigenvalue weighted by atomic mass is 32.2. The zero-order valence-electron chi connectivity index (χ0n) is 14.2. The van der Waals surface area contributed by atoms with Crippen molar-refractivity contribution in [2.75, 3.05) is 31.1 Å². The molecule has 2 aromatic carbocycles. The summed E-state index contributed by atoms with van der Waals surface area (Å²) in [7, 11) is -4.03. The first kappa shape index (κ1) is 18.6. The smallest absolute Gasteiger partial charge is 0.407 e. The van der Waals surface area contributed by atoms with Gasteiger partial charge in [0.2, 0.25) is 9.84 Å². The second-order valence-electron chi connectivity index (χ2n) is 5.98. The zero-order chi connectivity index (χ0) is 19.6. The minimum Gasteiger partial charge on any atom is -0.465 e. The topological polar surface area (TPSA) is 121 Å². The van der Waals surface area contributed by atoms with Gasteiger partial charge in [-0.3, -0.25) is 10.1 Å². The number of piperazine rings is 1. The molecule has 0 aromatic heterocycles. The maximum atomic E-state index is 12.8. The third-order valence-electron chi connectivity index (χ3n) is 4.40. The summed E-state index contributed by atoms with van der Waals surface area (Å²) in [6.45, 7) is 1.28. The van der Waals surface area contributed by atoms with Crippen molar-refractivity contribution in [3.05, 3.63) is 58.6 Å². The highest BCUT2D eigenvalue weighted by molar-refractivity contribution is 7.91. The number of rotatable bonds is 4. The Morgan fingerprint density at radius 1 is 1.04 bits per heavy atom. The molecule has 142 valence electrons. The summed E-state index contributed by atoms with van der Waals surface area (Å²) in [5.74, 6) is 0. The highest BCUT2D eigenvalue weighted by Gasteiger charge is 2.29. The molecule has 1 heterocycles. The van der Waals surface area contributed by atoms with Crippen LogP contribution in [0.5, 0.6) is 0 Å². The number of benzene rings is 2. The number of nitro benzene ring substituents is 1. The van der Waals surface area contributed by atoms with Gasteiger partial charge in [-0.1, -0.05) is 18.2 Å². The van der Waals surface area contributed by atoms with E-state index in [1.165, 1.54) is 35.2 Å². The molecule has 2 aromatic rings. The normalized spacial score (nSPS) is 14.8. The Balaban J connectivity index is 1.95. The van der Waals surface area contributed by atoms with Crippen molar-refractivity contribution in [1.29, 1.82) is 0 Å². The van der Waals surface area contributed by atoms with Gasteiger partial charge in [0.25, 0.3) is 5.69 Å². The third kappa shape index (κ3) is 3.70. The monoisotopic (exact) mass is 391 g/mol. The van der Waals surface area contributed by atoms with E-state index in [-0.39, 0.29) is 22.9 Å². The van der Waals surface area contributed by atoms with Crippen LogP contribution >= 0.6 is 0 Å². The molecule has 0 spiro atoms. The van der Waals surface area contributed by atoms with Crippen molar-refractivity contribution in [3.63, 3.8) is 0 Å². The van der Waals surface area contributed by atoms with Crippen LogP contribution in [0.1, 0.15) is 0 Å². The van der Waals surface area contributed by atoms with Crippen molar-refractivity contribution in [1.82, 2.24) is 4.90 Å². The Morgan fingerprint density at radius 2 is 1.67 bits per heavy atom. The van der Waals surface area contributed by atoms with Crippen LogP contribution in [0.3, 0.4) is 0 Å². The minimum atomic E-state index is -4.03. The number of carboxylic acid groups (broad SMARTS) is 1. The lowest BCUT2D eigenvalue weighted by molar-refractivity contribution is -0.387. The summed E-state index contributed by atoms with van der Waals surface area (Å²) >= 11 is 0. The number of hydrogen-bond donors (Lipinski definition) is 1. The Hall–Kier alpha value is -3.14. The van der Waals surface area contributed by atoms with Crippen LogP contribution in [0.25, 0.3) is 0 Å². The molecule has 9 nitrogen and oxygen atoms in total.